The lowest BCUT2D eigenvalue weighted by atomic mass is 10.1. The average Bonchev–Trinajstić information content (AvgIpc) is 3.19. The first-order chi connectivity index (χ1) is 27.4. The molecule has 0 saturated carbocycles. The summed E-state index contributed by atoms with van der Waals surface area (Å²) in [6.07, 6.45) is 57.4. The van der Waals surface area contributed by atoms with E-state index in [4.69, 9.17) is 14.8 Å². The van der Waals surface area contributed by atoms with Crippen LogP contribution < -0.4 is 11.1 Å². The highest BCUT2D eigenvalue weighted by Crippen LogP contribution is 2.43. The fraction of sp³-hybridized carbons (Fsp3) is 0.638. The predicted molar refractivity (Wildman–Crippen MR) is 239 cm³/mol. The summed E-state index contributed by atoms with van der Waals surface area (Å²) in [6.45, 7) is 3.95. The summed E-state index contributed by atoms with van der Waals surface area (Å²) in [5.41, 5.74) is 5.37. The lowest BCUT2D eigenvalue weighted by molar-refractivity contribution is -0.123. The smallest absolute Gasteiger partial charge is 0.387 e. The van der Waals surface area contributed by atoms with Crippen LogP contribution in [0.15, 0.2) is 97.2 Å². The number of phosphoric ester groups is 1. The van der Waals surface area contributed by atoms with E-state index in [1.165, 1.54) is 51.4 Å². The fourth-order valence-corrected chi connectivity index (χ4v) is 6.38. The quantitative estimate of drug-likeness (QED) is 0.0276. The van der Waals surface area contributed by atoms with Gasteiger partial charge in [0, 0.05) is 13.0 Å². The van der Waals surface area contributed by atoms with Gasteiger partial charge in [-0.15, -0.1) is 0 Å². The summed E-state index contributed by atoms with van der Waals surface area (Å²) in [7, 11) is -4.36. The van der Waals surface area contributed by atoms with Gasteiger partial charge in [-0.05, 0) is 83.5 Å². The number of unbranched alkanes of at least 4 members (excludes halogenated alkanes) is 13. The van der Waals surface area contributed by atoms with E-state index in [0.717, 1.165) is 89.9 Å². The summed E-state index contributed by atoms with van der Waals surface area (Å²) < 4.78 is 22.1. The van der Waals surface area contributed by atoms with E-state index in [1.807, 2.05) is 6.08 Å². The number of nitrogens with one attached hydrogen (secondary N) is 1. The van der Waals surface area contributed by atoms with E-state index in [9.17, 15) is 19.4 Å². The average molecular weight is 801 g/mol. The molecule has 9 heteroatoms. The van der Waals surface area contributed by atoms with Crippen molar-refractivity contribution in [2.45, 2.75) is 174 Å². The van der Waals surface area contributed by atoms with Crippen molar-refractivity contribution in [2.75, 3.05) is 19.8 Å². The van der Waals surface area contributed by atoms with Crippen molar-refractivity contribution in [1.82, 2.24) is 5.32 Å². The van der Waals surface area contributed by atoms with Gasteiger partial charge in [-0.2, -0.15) is 0 Å². The summed E-state index contributed by atoms with van der Waals surface area (Å²) in [5.74, 6) is -0.234. The van der Waals surface area contributed by atoms with E-state index in [2.05, 4.69) is 104 Å². The SMILES string of the molecule is CC/C=C\C/C=C\C/C=C\C/C=C\C/C=C\C/C=C\CCCCCCC(=O)NC(COP(=O)(O)OCCN)C(O)/C=C/CC/C=C/CCCCCCCCCC. The van der Waals surface area contributed by atoms with Crippen molar-refractivity contribution in [3.63, 3.8) is 0 Å². The van der Waals surface area contributed by atoms with Gasteiger partial charge in [0.1, 0.15) is 0 Å². The molecular formula is C47H81N2O6P. The van der Waals surface area contributed by atoms with Gasteiger partial charge in [0.25, 0.3) is 0 Å². The molecule has 56 heavy (non-hydrogen) atoms. The van der Waals surface area contributed by atoms with Gasteiger partial charge in [-0.25, -0.2) is 4.57 Å². The van der Waals surface area contributed by atoms with Gasteiger partial charge in [-0.1, -0.05) is 169 Å². The third-order valence-corrected chi connectivity index (χ3v) is 9.88. The number of nitrogens with two attached hydrogens (primary N) is 1. The molecule has 1 amide bonds. The summed E-state index contributed by atoms with van der Waals surface area (Å²) >= 11 is 0. The molecular weight excluding hydrogens is 719 g/mol. The summed E-state index contributed by atoms with van der Waals surface area (Å²) in [4.78, 5) is 22.7. The van der Waals surface area contributed by atoms with E-state index in [1.54, 1.807) is 6.08 Å². The highest BCUT2D eigenvalue weighted by Gasteiger charge is 2.26. The Morgan fingerprint density at radius 2 is 1.05 bits per heavy atom. The lowest BCUT2D eigenvalue weighted by Crippen LogP contribution is -2.45. The molecule has 3 atom stereocenters. The number of rotatable bonds is 39. The molecule has 3 unspecified atom stereocenters. The second-order valence-corrected chi connectivity index (χ2v) is 15.6. The third-order valence-electron chi connectivity index (χ3n) is 8.89. The maximum atomic E-state index is 12.8. The van der Waals surface area contributed by atoms with Crippen molar-refractivity contribution in [2.24, 2.45) is 5.73 Å². The van der Waals surface area contributed by atoms with Crippen molar-refractivity contribution >= 4 is 13.7 Å². The number of hydrogen-bond donors (Lipinski definition) is 4. The van der Waals surface area contributed by atoms with E-state index in [0.29, 0.717) is 6.42 Å². The second-order valence-electron chi connectivity index (χ2n) is 14.2. The number of aliphatic hydroxyl groups is 1. The molecule has 0 aromatic carbocycles. The number of carbonyl (C=O) groups excluding carboxylic acids is 1. The van der Waals surface area contributed by atoms with Gasteiger partial charge in [0.05, 0.1) is 25.4 Å². The molecule has 0 rings (SSSR count). The Labute approximate surface area is 342 Å². The Kier molecular flexibility index (Phi) is 40.1. The van der Waals surface area contributed by atoms with Crippen LogP contribution >= 0.6 is 7.82 Å². The number of phosphoric acid groups is 1. The zero-order valence-corrected chi connectivity index (χ0v) is 36.2. The van der Waals surface area contributed by atoms with Crippen LogP contribution in [0.1, 0.15) is 162 Å². The monoisotopic (exact) mass is 801 g/mol. The Morgan fingerprint density at radius 1 is 0.607 bits per heavy atom. The van der Waals surface area contributed by atoms with E-state index < -0.39 is 20.0 Å². The second kappa shape index (κ2) is 42.0. The molecule has 0 aliphatic carbocycles. The van der Waals surface area contributed by atoms with Gasteiger partial charge in [0.2, 0.25) is 5.91 Å². The van der Waals surface area contributed by atoms with Crippen LogP contribution in [0, 0.1) is 0 Å². The van der Waals surface area contributed by atoms with Crippen molar-refractivity contribution in [3.05, 3.63) is 97.2 Å². The number of aliphatic hydroxyl groups excluding tert-OH is 1. The molecule has 0 saturated heterocycles. The molecule has 0 aliphatic heterocycles. The van der Waals surface area contributed by atoms with Crippen molar-refractivity contribution < 1.29 is 28.4 Å². The Bertz CT molecular complexity index is 1190. The highest BCUT2D eigenvalue weighted by molar-refractivity contribution is 7.47. The molecule has 0 aromatic heterocycles. The van der Waals surface area contributed by atoms with Gasteiger partial charge in [0.15, 0.2) is 0 Å². The zero-order valence-electron chi connectivity index (χ0n) is 35.3. The van der Waals surface area contributed by atoms with Crippen LogP contribution in [0.5, 0.6) is 0 Å². The van der Waals surface area contributed by atoms with Crippen LogP contribution in [0.2, 0.25) is 0 Å². The normalized spacial score (nSPS) is 15.0. The van der Waals surface area contributed by atoms with Crippen LogP contribution in [0.4, 0.5) is 0 Å². The minimum Gasteiger partial charge on any atom is -0.387 e. The highest BCUT2D eigenvalue weighted by atomic mass is 31.2. The maximum absolute atomic E-state index is 12.8. The lowest BCUT2D eigenvalue weighted by Gasteiger charge is -2.23. The van der Waals surface area contributed by atoms with Crippen molar-refractivity contribution in [3.8, 4) is 0 Å². The first-order valence-electron chi connectivity index (χ1n) is 21.9. The molecule has 0 aliphatic rings. The van der Waals surface area contributed by atoms with Gasteiger partial charge < -0.3 is 21.1 Å². The minimum absolute atomic E-state index is 0.0639. The van der Waals surface area contributed by atoms with Crippen LogP contribution in [-0.4, -0.2) is 47.8 Å². The maximum Gasteiger partial charge on any atom is 0.472 e. The van der Waals surface area contributed by atoms with E-state index >= 15 is 0 Å². The Balaban J connectivity index is 4.32. The van der Waals surface area contributed by atoms with Crippen LogP contribution in [-0.2, 0) is 18.4 Å². The zero-order chi connectivity index (χ0) is 41.1. The molecule has 320 valence electrons. The summed E-state index contributed by atoms with van der Waals surface area (Å²) in [5, 5.41) is 13.6. The molecule has 0 aromatic rings. The molecule has 0 bridgehead atoms. The van der Waals surface area contributed by atoms with Crippen LogP contribution in [0.25, 0.3) is 0 Å². The number of allylic oxidation sites excluding steroid dienone is 15. The molecule has 0 radical (unpaired) electrons. The Morgan fingerprint density at radius 3 is 1.59 bits per heavy atom. The Hall–Kier alpha value is -2.58. The first-order valence-corrected chi connectivity index (χ1v) is 23.4. The molecule has 0 heterocycles. The number of hydrogen-bond acceptors (Lipinski definition) is 6. The molecule has 0 fully saturated rings. The van der Waals surface area contributed by atoms with E-state index in [-0.39, 0.29) is 25.7 Å². The van der Waals surface area contributed by atoms with Gasteiger partial charge >= 0.3 is 7.82 Å². The molecule has 0 spiro atoms. The molecule has 8 nitrogen and oxygen atoms in total. The van der Waals surface area contributed by atoms with Crippen molar-refractivity contribution in [1.29, 1.82) is 0 Å². The topological polar surface area (TPSA) is 131 Å². The third kappa shape index (κ3) is 39.6. The summed E-state index contributed by atoms with van der Waals surface area (Å²) in [6, 6.07) is -0.897. The predicted octanol–water partition coefficient (Wildman–Crippen LogP) is 12.4. The number of carbonyl (C=O) groups is 1. The fourth-order valence-electron chi connectivity index (χ4n) is 5.62. The molecule has 5 N–H and O–H groups in total. The van der Waals surface area contributed by atoms with Gasteiger partial charge in [-0.3, -0.25) is 13.8 Å². The first kappa shape index (κ1) is 53.4. The number of amides is 1. The largest absolute Gasteiger partial charge is 0.472 e. The standard InChI is InChI=1S/C47H81N2O6P/c1-3-5-7-9-11-13-15-17-19-20-21-22-23-24-25-26-27-29-31-33-35-37-39-41-47(51)49-45(44-55-56(52,53)54-43-42-48)46(50)40-38-36-34-32-30-28-18-16-14-12-10-8-6-4-2/h5,7,11,13,17,19,21-22,24-25,27,29-30,32,38,40,45-46,50H,3-4,6,8-10,12,14-16,18,20,23,26,28,31,33-37,39,41-44,48H2,1-2H3,(H,49,51)(H,52,53)/b7-5-,13-11-,19-17-,22-21-,25-24-,29-27-,32-30+,40-38+. The van der Waals surface area contributed by atoms with Crippen LogP contribution in [0.3, 0.4) is 0 Å². The minimum atomic E-state index is -4.36.